The molecule has 0 atom stereocenters. The summed E-state index contributed by atoms with van der Waals surface area (Å²) < 4.78 is 16.1. The molecule has 0 bridgehead atoms. The van der Waals surface area contributed by atoms with Gasteiger partial charge in [0.2, 0.25) is 6.79 Å². The SMILES string of the molecule is O=C(COC(=O)c1c2c(nc3ccccc13)/C(=C\c1ccccc1)CC2)Nc1ccc2c(c1)OCO2. The van der Waals surface area contributed by atoms with E-state index in [2.05, 4.69) is 11.4 Å². The zero-order valence-corrected chi connectivity index (χ0v) is 19.3. The Morgan fingerprint density at radius 2 is 1.75 bits per heavy atom. The maximum absolute atomic E-state index is 13.3. The Bertz CT molecular complexity index is 1530. The second-order valence-corrected chi connectivity index (χ2v) is 8.60. The summed E-state index contributed by atoms with van der Waals surface area (Å²) in [6.07, 6.45) is 3.57. The number of amides is 1. The summed E-state index contributed by atoms with van der Waals surface area (Å²) in [4.78, 5) is 30.7. The van der Waals surface area contributed by atoms with Crippen molar-refractivity contribution in [1.29, 1.82) is 0 Å². The van der Waals surface area contributed by atoms with Crippen molar-refractivity contribution in [3.05, 3.63) is 95.2 Å². The van der Waals surface area contributed by atoms with Gasteiger partial charge in [-0.2, -0.15) is 0 Å². The van der Waals surface area contributed by atoms with Crippen molar-refractivity contribution in [3.63, 3.8) is 0 Å². The molecule has 3 aromatic carbocycles. The van der Waals surface area contributed by atoms with Crippen LogP contribution in [0.1, 0.15) is 33.6 Å². The summed E-state index contributed by atoms with van der Waals surface area (Å²) in [6.45, 7) is -0.262. The van der Waals surface area contributed by atoms with Crippen LogP contribution in [0.25, 0.3) is 22.6 Å². The monoisotopic (exact) mass is 478 g/mol. The number of carbonyl (C=O) groups excluding carboxylic acids is 2. The van der Waals surface area contributed by atoms with Crippen molar-refractivity contribution in [2.24, 2.45) is 0 Å². The van der Waals surface area contributed by atoms with Crippen LogP contribution >= 0.6 is 0 Å². The van der Waals surface area contributed by atoms with E-state index in [0.29, 0.717) is 34.7 Å². The zero-order chi connectivity index (χ0) is 24.5. The molecule has 1 aromatic heterocycles. The van der Waals surface area contributed by atoms with Crippen LogP contribution in [0.4, 0.5) is 5.69 Å². The molecule has 7 nitrogen and oxygen atoms in total. The normalized spacial score (nSPS) is 14.6. The van der Waals surface area contributed by atoms with Crippen LogP contribution in [0, 0.1) is 0 Å². The highest BCUT2D eigenvalue weighted by atomic mass is 16.7. The molecule has 4 aromatic rings. The second kappa shape index (κ2) is 9.19. The van der Waals surface area contributed by atoms with Crippen molar-refractivity contribution in [1.82, 2.24) is 4.98 Å². The topological polar surface area (TPSA) is 86.8 Å². The van der Waals surface area contributed by atoms with Gasteiger partial charge in [-0.15, -0.1) is 0 Å². The molecule has 0 radical (unpaired) electrons. The van der Waals surface area contributed by atoms with E-state index >= 15 is 0 Å². The van der Waals surface area contributed by atoms with Gasteiger partial charge in [-0.1, -0.05) is 48.5 Å². The molecule has 0 saturated carbocycles. The fourth-order valence-electron chi connectivity index (χ4n) is 4.64. The molecule has 1 amide bonds. The highest BCUT2D eigenvalue weighted by molar-refractivity contribution is 6.08. The van der Waals surface area contributed by atoms with Crippen molar-refractivity contribution in [3.8, 4) is 11.5 Å². The lowest BCUT2D eigenvalue weighted by molar-refractivity contribution is -0.119. The van der Waals surface area contributed by atoms with Crippen LogP contribution in [-0.2, 0) is 16.0 Å². The van der Waals surface area contributed by atoms with Crippen LogP contribution in [0.15, 0.2) is 72.8 Å². The van der Waals surface area contributed by atoms with Crippen LogP contribution in [0.2, 0.25) is 0 Å². The summed E-state index contributed by atoms with van der Waals surface area (Å²) >= 11 is 0. The predicted molar refractivity (Wildman–Crippen MR) is 136 cm³/mol. The Morgan fingerprint density at radius 1 is 0.944 bits per heavy atom. The number of anilines is 1. The number of aromatic nitrogens is 1. The summed E-state index contributed by atoms with van der Waals surface area (Å²) in [7, 11) is 0. The molecule has 6 rings (SSSR count). The van der Waals surface area contributed by atoms with Crippen LogP contribution in [-0.4, -0.2) is 30.3 Å². The Kier molecular flexibility index (Phi) is 5.58. The van der Waals surface area contributed by atoms with E-state index in [0.717, 1.165) is 34.2 Å². The first-order valence-corrected chi connectivity index (χ1v) is 11.7. The van der Waals surface area contributed by atoms with E-state index < -0.39 is 18.5 Å². The van der Waals surface area contributed by atoms with E-state index in [9.17, 15) is 9.59 Å². The number of rotatable bonds is 5. The first-order valence-electron chi connectivity index (χ1n) is 11.7. The van der Waals surface area contributed by atoms with Crippen molar-refractivity contribution >= 4 is 40.1 Å². The average molecular weight is 479 g/mol. The largest absolute Gasteiger partial charge is 0.454 e. The van der Waals surface area contributed by atoms with E-state index in [1.807, 2.05) is 54.6 Å². The van der Waals surface area contributed by atoms with Gasteiger partial charge < -0.3 is 19.5 Å². The highest BCUT2D eigenvalue weighted by Gasteiger charge is 2.28. The molecule has 1 aliphatic heterocycles. The molecular weight excluding hydrogens is 456 g/mol. The van der Waals surface area contributed by atoms with E-state index in [-0.39, 0.29) is 6.79 Å². The Balaban J connectivity index is 1.25. The number of nitrogens with one attached hydrogen (secondary N) is 1. The number of esters is 1. The molecule has 0 spiro atoms. The van der Waals surface area contributed by atoms with Crippen molar-refractivity contribution in [2.75, 3.05) is 18.7 Å². The lowest BCUT2D eigenvalue weighted by Gasteiger charge is -2.12. The number of carbonyl (C=O) groups is 2. The second-order valence-electron chi connectivity index (χ2n) is 8.60. The number of nitrogens with zero attached hydrogens (tertiary/aromatic N) is 1. The molecule has 178 valence electrons. The third kappa shape index (κ3) is 4.15. The van der Waals surface area contributed by atoms with Gasteiger partial charge in [0.05, 0.1) is 16.8 Å². The lowest BCUT2D eigenvalue weighted by atomic mass is 10.0. The molecule has 36 heavy (non-hydrogen) atoms. The minimum Gasteiger partial charge on any atom is -0.454 e. The van der Waals surface area contributed by atoms with Gasteiger partial charge in [0.1, 0.15) is 0 Å². The number of ether oxygens (including phenoxy) is 3. The Morgan fingerprint density at radius 3 is 2.64 bits per heavy atom. The summed E-state index contributed by atoms with van der Waals surface area (Å²) in [5, 5.41) is 3.45. The minimum atomic E-state index is -0.536. The number of hydrogen-bond donors (Lipinski definition) is 1. The van der Waals surface area contributed by atoms with Crippen molar-refractivity contribution < 1.29 is 23.8 Å². The predicted octanol–water partition coefficient (Wildman–Crippen LogP) is 5.25. The fourth-order valence-corrected chi connectivity index (χ4v) is 4.64. The van der Waals surface area contributed by atoms with Gasteiger partial charge in [-0.25, -0.2) is 9.78 Å². The van der Waals surface area contributed by atoms with Crippen LogP contribution < -0.4 is 14.8 Å². The smallest absolute Gasteiger partial charge is 0.339 e. The number of allylic oxidation sites excluding steroid dienone is 1. The molecule has 1 N–H and O–H groups in total. The number of hydrogen-bond acceptors (Lipinski definition) is 6. The third-order valence-corrected chi connectivity index (χ3v) is 6.28. The van der Waals surface area contributed by atoms with Gasteiger partial charge in [-0.05, 0) is 53.8 Å². The van der Waals surface area contributed by atoms with Gasteiger partial charge >= 0.3 is 5.97 Å². The van der Waals surface area contributed by atoms with E-state index in [1.54, 1.807) is 18.2 Å². The number of benzene rings is 3. The molecule has 2 aliphatic rings. The fraction of sp³-hybridized carbons (Fsp3) is 0.138. The van der Waals surface area contributed by atoms with Gasteiger partial charge in [0.15, 0.2) is 18.1 Å². The maximum Gasteiger partial charge on any atom is 0.339 e. The molecule has 7 heteroatoms. The van der Waals surface area contributed by atoms with Gasteiger partial charge in [0.25, 0.3) is 5.91 Å². The molecule has 1 aliphatic carbocycles. The third-order valence-electron chi connectivity index (χ3n) is 6.28. The molecule has 0 fully saturated rings. The number of fused-ring (bicyclic) bond motifs is 3. The number of para-hydroxylation sites is 1. The average Bonchev–Trinajstić information content (AvgIpc) is 3.53. The summed E-state index contributed by atoms with van der Waals surface area (Å²) in [6, 6.07) is 22.7. The quantitative estimate of drug-likeness (QED) is 0.395. The summed E-state index contributed by atoms with van der Waals surface area (Å²) in [5.41, 5.74) is 5.56. The summed E-state index contributed by atoms with van der Waals surface area (Å²) in [5.74, 6) is 0.204. The Hall–Kier alpha value is -4.65. The van der Waals surface area contributed by atoms with E-state index in [4.69, 9.17) is 19.2 Å². The van der Waals surface area contributed by atoms with Crippen LogP contribution in [0.5, 0.6) is 11.5 Å². The molecular formula is C29H22N2O5. The van der Waals surface area contributed by atoms with Gasteiger partial charge in [-0.3, -0.25) is 4.79 Å². The van der Waals surface area contributed by atoms with Gasteiger partial charge in [0, 0.05) is 17.1 Å². The maximum atomic E-state index is 13.3. The standard InChI is InChI=1S/C29H22N2O5/c32-26(30-20-11-13-24-25(15-20)36-17-35-24)16-34-29(33)27-21-8-4-5-9-23(21)31-28-19(10-12-22(27)28)14-18-6-2-1-3-7-18/h1-9,11,13-15H,10,12,16-17H2,(H,30,32)/b19-14-. The lowest BCUT2D eigenvalue weighted by Crippen LogP contribution is -2.21. The molecule has 0 saturated heterocycles. The number of pyridine rings is 1. The van der Waals surface area contributed by atoms with Crippen molar-refractivity contribution in [2.45, 2.75) is 12.8 Å². The highest BCUT2D eigenvalue weighted by Crippen LogP contribution is 2.38. The first kappa shape index (κ1) is 21.9. The molecule has 0 unspecified atom stereocenters. The van der Waals surface area contributed by atoms with E-state index in [1.165, 1.54) is 0 Å². The molecule has 2 heterocycles. The zero-order valence-electron chi connectivity index (χ0n) is 19.3. The van der Waals surface area contributed by atoms with Crippen LogP contribution in [0.3, 0.4) is 0 Å². The Labute approximate surface area is 207 Å². The minimum absolute atomic E-state index is 0.150. The first-order chi connectivity index (χ1) is 17.7.